The van der Waals surface area contributed by atoms with E-state index in [4.69, 9.17) is 0 Å². The van der Waals surface area contributed by atoms with Gasteiger partial charge in [0.05, 0.1) is 22.0 Å². The summed E-state index contributed by atoms with van der Waals surface area (Å²) in [4.78, 5) is 14.6. The molecular formula is C16H19F3N2O4S. The zero-order chi connectivity index (χ0) is 18.4. The van der Waals surface area contributed by atoms with Gasteiger partial charge < -0.3 is 19.6 Å². The predicted octanol–water partition coefficient (Wildman–Crippen LogP) is 2.93. The largest absolute Gasteiger partial charge is 0.452 e. The van der Waals surface area contributed by atoms with Gasteiger partial charge in [-0.2, -0.15) is 13.2 Å². The lowest BCUT2D eigenvalue weighted by atomic mass is 10.1. The Morgan fingerprint density at radius 3 is 2.62 bits per heavy atom. The van der Waals surface area contributed by atoms with Gasteiger partial charge in [0.2, 0.25) is 5.76 Å². The molecule has 1 aliphatic rings. The third kappa shape index (κ3) is 3.76. The molecule has 10 heteroatoms. The minimum atomic E-state index is -4.63. The molecule has 1 aliphatic heterocycles. The third-order valence-corrected chi connectivity index (χ3v) is 5.15. The van der Waals surface area contributed by atoms with Crippen LogP contribution in [0.25, 0.3) is 10.6 Å². The minimum absolute atomic E-state index is 0. The second-order valence-corrected chi connectivity index (χ2v) is 6.91. The highest BCUT2D eigenvalue weighted by atomic mass is 32.1. The van der Waals surface area contributed by atoms with E-state index in [0.29, 0.717) is 16.3 Å². The van der Waals surface area contributed by atoms with Crippen molar-refractivity contribution >= 4 is 17.2 Å². The SMILES string of the molecule is C.Cc1c(-c2ccc(C(=O)N3CC[C@H](O)[C@H](O)C3)s2)noc1C(F)(F)F. The molecule has 2 aromatic rings. The highest BCUT2D eigenvalue weighted by Gasteiger charge is 2.39. The standard InChI is InChI=1S/C15H15F3N2O4S.CH4/c1-7-12(19-24-13(7)15(16,17)18)10-2-3-11(25-10)14(23)20-5-4-8(21)9(22)6-20;/h2-3,8-9,21-22H,4-6H2,1H3;1H4/t8-,9+;/m0./s1. The molecule has 0 radical (unpaired) electrons. The number of piperidine rings is 1. The van der Waals surface area contributed by atoms with Crippen molar-refractivity contribution in [2.24, 2.45) is 0 Å². The smallest absolute Gasteiger partial charge is 0.390 e. The summed E-state index contributed by atoms with van der Waals surface area (Å²) in [5.74, 6) is -1.50. The predicted molar refractivity (Wildman–Crippen MR) is 88.8 cm³/mol. The number of halogens is 3. The monoisotopic (exact) mass is 392 g/mol. The van der Waals surface area contributed by atoms with E-state index in [1.54, 1.807) is 0 Å². The van der Waals surface area contributed by atoms with E-state index in [1.807, 2.05) is 0 Å². The van der Waals surface area contributed by atoms with E-state index < -0.39 is 24.1 Å². The summed E-state index contributed by atoms with van der Waals surface area (Å²) in [7, 11) is 0. The normalized spacial score (nSPS) is 20.8. The van der Waals surface area contributed by atoms with Crippen molar-refractivity contribution in [3.8, 4) is 10.6 Å². The molecule has 3 rings (SSSR count). The quantitative estimate of drug-likeness (QED) is 0.821. The lowest BCUT2D eigenvalue weighted by Crippen LogP contribution is -2.48. The number of hydrogen-bond acceptors (Lipinski definition) is 6. The molecule has 3 heterocycles. The average Bonchev–Trinajstić information content (AvgIpc) is 3.15. The maximum atomic E-state index is 12.8. The first kappa shape index (κ1) is 20.4. The van der Waals surface area contributed by atoms with E-state index >= 15 is 0 Å². The fourth-order valence-corrected chi connectivity index (χ4v) is 3.68. The van der Waals surface area contributed by atoms with Crippen LogP contribution >= 0.6 is 11.3 Å². The minimum Gasteiger partial charge on any atom is -0.390 e. The molecule has 0 aliphatic carbocycles. The maximum absolute atomic E-state index is 12.8. The second-order valence-electron chi connectivity index (χ2n) is 5.82. The van der Waals surface area contributed by atoms with Crippen molar-refractivity contribution in [2.75, 3.05) is 13.1 Å². The molecule has 0 spiro atoms. The van der Waals surface area contributed by atoms with Gasteiger partial charge in [-0.15, -0.1) is 11.3 Å². The summed E-state index contributed by atoms with van der Waals surface area (Å²) >= 11 is 1.00. The Kier molecular flexibility index (Phi) is 5.79. The van der Waals surface area contributed by atoms with Crippen molar-refractivity contribution in [2.45, 2.75) is 39.2 Å². The summed E-state index contributed by atoms with van der Waals surface area (Å²) < 4.78 is 42.8. The average molecular weight is 392 g/mol. The van der Waals surface area contributed by atoms with Crippen molar-refractivity contribution in [1.29, 1.82) is 0 Å². The van der Waals surface area contributed by atoms with E-state index in [1.165, 1.54) is 24.0 Å². The summed E-state index contributed by atoms with van der Waals surface area (Å²) in [5, 5.41) is 22.7. The van der Waals surface area contributed by atoms with Crippen LogP contribution in [-0.4, -0.2) is 51.5 Å². The van der Waals surface area contributed by atoms with Crippen LogP contribution in [0, 0.1) is 6.92 Å². The molecule has 144 valence electrons. The summed E-state index contributed by atoms with van der Waals surface area (Å²) in [6, 6.07) is 3.01. The molecule has 0 bridgehead atoms. The number of carbonyl (C=O) groups is 1. The Bertz CT molecular complexity index is 787. The highest BCUT2D eigenvalue weighted by Crippen LogP contribution is 2.38. The molecule has 26 heavy (non-hydrogen) atoms. The topological polar surface area (TPSA) is 86.8 Å². The van der Waals surface area contributed by atoms with Gasteiger partial charge in [0.15, 0.2) is 0 Å². The van der Waals surface area contributed by atoms with Crippen LogP contribution in [0.2, 0.25) is 0 Å². The number of aliphatic hydroxyl groups excluding tert-OH is 2. The van der Waals surface area contributed by atoms with Gasteiger partial charge in [-0.1, -0.05) is 12.6 Å². The van der Waals surface area contributed by atoms with Crippen LogP contribution < -0.4 is 0 Å². The van der Waals surface area contributed by atoms with Crippen LogP contribution in [-0.2, 0) is 6.18 Å². The number of carbonyl (C=O) groups excluding carboxylic acids is 1. The number of nitrogens with zero attached hydrogens (tertiary/aromatic N) is 2. The molecule has 1 amide bonds. The van der Waals surface area contributed by atoms with Gasteiger partial charge in [0, 0.05) is 18.7 Å². The van der Waals surface area contributed by atoms with Crippen LogP contribution in [0.3, 0.4) is 0 Å². The molecule has 6 nitrogen and oxygen atoms in total. The first-order valence-electron chi connectivity index (χ1n) is 7.47. The summed E-state index contributed by atoms with van der Waals surface area (Å²) in [6.07, 6.45) is -6.23. The van der Waals surface area contributed by atoms with Gasteiger partial charge in [0.25, 0.3) is 5.91 Å². The Hall–Kier alpha value is -1.91. The van der Waals surface area contributed by atoms with E-state index in [9.17, 15) is 28.2 Å². The molecule has 1 saturated heterocycles. The van der Waals surface area contributed by atoms with Crippen LogP contribution in [0.4, 0.5) is 13.2 Å². The van der Waals surface area contributed by atoms with Gasteiger partial charge in [-0.05, 0) is 25.5 Å². The number of rotatable bonds is 2. The lowest BCUT2D eigenvalue weighted by molar-refractivity contribution is -0.156. The zero-order valence-corrected chi connectivity index (χ0v) is 13.9. The van der Waals surface area contributed by atoms with E-state index in [2.05, 4.69) is 9.68 Å². The molecule has 1 fully saturated rings. The van der Waals surface area contributed by atoms with Crippen LogP contribution in [0.15, 0.2) is 16.7 Å². The van der Waals surface area contributed by atoms with Crippen molar-refractivity contribution in [3.05, 3.63) is 28.3 Å². The lowest BCUT2D eigenvalue weighted by Gasteiger charge is -2.33. The van der Waals surface area contributed by atoms with E-state index in [-0.39, 0.29) is 37.6 Å². The molecule has 0 saturated carbocycles. The first-order chi connectivity index (χ1) is 11.7. The number of β-amino-alcohol motifs (C(OH)–C–C–N with tert-alkyl or cyclic N) is 1. The highest BCUT2D eigenvalue weighted by molar-refractivity contribution is 7.17. The van der Waals surface area contributed by atoms with Gasteiger partial charge in [-0.3, -0.25) is 4.79 Å². The number of thiophene rings is 1. The Morgan fingerprint density at radius 2 is 2.04 bits per heavy atom. The van der Waals surface area contributed by atoms with E-state index in [0.717, 1.165) is 11.3 Å². The molecular weight excluding hydrogens is 373 g/mol. The Morgan fingerprint density at radius 1 is 1.35 bits per heavy atom. The molecule has 2 N–H and O–H groups in total. The molecule has 0 unspecified atom stereocenters. The van der Waals surface area contributed by atoms with Crippen molar-refractivity contribution in [1.82, 2.24) is 10.1 Å². The number of hydrogen-bond donors (Lipinski definition) is 2. The summed E-state index contributed by atoms with van der Waals surface area (Å²) in [5.41, 5.74) is -0.0876. The molecule has 2 aromatic heterocycles. The van der Waals surface area contributed by atoms with Crippen molar-refractivity contribution < 1.29 is 32.7 Å². The number of likely N-dealkylation sites (tertiary alicyclic amines) is 1. The maximum Gasteiger partial charge on any atom is 0.452 e. The Balaban J connectivity index is 0.00000243. The number of alkyl halides is 3. The number of aliphatic hydroxyl groups is 2. The second kappa shape index (κ2) is 7.37. The summed E-state index contributed by atoms with van der Waals surface area (Å²) in [6.45, 7) is 1.57. The van der Waals surface area contributed by atoms with Gasteiger partial charge >= 0.3 is 6.18 Å². The first-order valence-corrected chi connectivity index (χ1v) is 8.29. The fourth-order valence-electron chi connectivity index (χ4n) is 2.67. The van der Waals surface area contributed by atoms with Gasteiger partial charge in [0.1, 0.15) is 5.69 Å². The zero-order valence-electron chi connectivity index (χ0n) is 13.1. The fraction of sp³-hybridized carbons (Fsp3) is 0.500. The molecule has 0 aromatic carbocycles. The van der Waals surface area contributed by atoms with Gasteiger partial charge in [-0.25, -0.2) is 0 Å². The van der Waals surface area contributed by atoms with Crippen LogP contribution in [0.1, 0.15) is 34.8 Å². The van der Waals surface area contributed by atoms with Crippen LogP contribution in [0.5, 0.6) is 0 Å². The number of aromatic nitrogens is 1. The third-order valence-electron chi connectivity index (χ3n) is 4.07. The van der Waals surface area contributed by atoms with Crippen molar-refractivity contribution in [3.63, 3.8) is 0 Å². The number of amides is 1. The Labute approximate surface area is 151 Å². The molecule has 2 atom stereocenters.